The molecule has 2 fully saturated rings. The van der Waals surface area contributed by atoms with Gasteiger partial charge in [-0.3, -0.25) is 9.48 Å². The van der Waals surface area contributed by atoms with Crippen molar-refractivity contribution in [3.8, 4) is 0 Å². The molecule has 1 aromatic heterocycles. The lowest BCUT2D eigenvalue weighted by Crippen LogP contribution is -2.53. The zero-order chi connectivity index (χ0) is 13.5. The normalized spacial score (nSPS) is 25.4. The van der Waals surface area contributed by atoms with Gasteiger partial charge in [0, 0.05) is 19.3 Å². The van der Waals surface area contributed by atoms with E-state index in [4.69, 9.17) is 0 Å². The van der Waals surface area contributed by atoms with E-state index in [2.05, 4.69) is 5.10 Å². The molecular formula is C14H21N3O2. The minimum absolute atomic E-state index is 0.124. The Hall–Kier alpha value is -1.36. The Labute approximate surface area is 113 Å². The van der Waals surface area contributed by atoms with Crippen LogP contribution in [0.1, 0.15) is 31.2 Å². The van der Waals surface area contributed by atoms with Gasteiger partial charge in [0.25, 0.3) is 0 Å². The second-order valence-electron chi connectivity index (χ2n) is 6.01. The molecule has 1 N–H and O–H groups in total. The van der Waals surface area contributed by atoms with Gasteiger partial charge in [-0.2, -0.15) is 5.10 Å². The van der Waals surface area contributed by atoms with Gasteiger partial charge >= 0.3 is 0 Å². The van der Waals surface area contributed by atoms with Crippen LogP contribution in [0.4, 0.5) is 0 Å². The number of piperidine rings is 1. The molecule has 0 bridgehead atoms. The van der Waals surface area contributed by atoms with Crippen molar-refractivity contribution in [3.05, 3.63) is 18.0 Å². The van der Waals surface area contributed by atoms with E-state index in [9.17, 15) is 9.90 Å². The number of aryl methyl sites for hydroxylation is 1. The molecule has 1 atom stereocenters. The van der Waals surface area contributed by atoms with Crippen LogP contribution in [-0.2, 0) is 11.3 Å². The van der Waals surface area contributed by atoms with Crippen LogP contribution in [0.15, 0.2) is 12.4 Å². The maximum Gasteiger partial charge on any atom is 0.244 e. The summed E-state index contributed by atoms with van der Waals surface area (Å²) < 4.78 is 1.69. The van der Waals surface area contributed by atoms with Crippen LogP contribution < -0.4 is 0 Å². The van der Waals surface area contributed by atoms with Crippen LogP contribution in [0.2, 0.25) is 0 Å². The van der Waals surface area contributed by atoms with Gasteiger partial charge in [0.2, 0.25) is 5.91 Å². The molecule has 5 heteroatoms. The van der Waals surface area contributed by atoms with Crippen LogP contribution in [0.25, 0.3) is 0 Å². The third-order valence-electron chi connectivity index (χ3n) is 4.79. The number of hydrogen-bond donors (Lipinski definition) is 1. The molecule has 19 heavy (non-hydrogen) atoms. The zero-order valence-corrected chi connectivity index (χ0v) is 11.4. The quantitative estimate of drug-likeness (QED) is 0.864. The van der Waals surface area contributed by atoms with Crippen molar-refractivity contribution in [1.29, 1.82) is 0 Å². The van der Waals surface area contributed by atoms with Crippen molar-refractivity contribution >= 4 is 5.91 Å². The summed E-state index contributed by atoms with van der Waals surface area (Å²) in [6.07, 6.45) is 7.45. The molecule has 1 amide bonds. The minimum atomic E-state index is -0.140. The van der Waals surface area contributed by atoms with Crippen LogP contribution in [0.3, 0.4) is 0 Å². The van der Waals surface area contributed by atoms with E-state index >= 15 is 0 Å². The molecule has 5 nitrogen and oxygen atoms in total. The number of hydrogen-bond acceptors (Lipinski definition) is 3. The second kappa shape index (κ2) is 4.63. The first-order valence-corrected chi connectivity index (χ1v) is 7.04. The van der Waals surface area contributed by atoms with Crippen LogP contribution in [-0.4, -0.2) is 44.9 Å². The average Bonchev–Trinajstić information content (AvgIpc) is 2.82. The lowest BCUT2D eigenvalue weighted by atomic mass is 9.61. The van der Waals surface area contributed by atoms with Gasteiger partial charge in [0.05, 0.1) is 12.3 Å². The fourth-order valence-electron chi connectivity index (χ4n) is 3.26. The average molecular weight is 263 g/mol. The molecule has 1 aliphatic carbocycles. The summed E-state index contributed by atoms with van der Waals surface area (Å²) in [5.41, 5.74) is 1.20. The van der Waals surface area contributed by atoms with Gasteiger partial charge in [0.1, 0.15) is 6.54 Å². The van der Waals surface area contributed by atoms with Crippen LogP contribution >= 0.6 is 0 Å². The van der Waals surface area contributed by atoms with Crippen LogP contribution in [0.5, 0.6) is 0 Å². The molecule has 1 saturated heterocycles. The monoisotopic (exact) mass is 263 g/mol. The minimum Gasteiger partial charge on any atom is -0.393 e. The maximum atomic E-state index is 12.2. The molecule has 104 valence electrons. The molecule has 0 radical (unpaired) electrons. The third kappa shape index (κ3) is 2.27. The van der Waals surface area contributed by atoms with Gasteiger partial charge in [-0.25, -0.2) is 0 Å². The van der Waals surface area contributed by atoms with E-state index in [0.717, 1.165) is 44.3 Å². The van der Waals surface area contributed by atoms with Gasteiger partial charge in [-0.1, -0.05) is 0 Å². The number of carbonyl (C=O) groups excluding carboxylic acids is 1. The van der Waals surface area contributed by atoms with E-state index < -0.39 is 0 Å². The molecule has 1 aromatic rings. The number of aliphatic hydroxyl groups excluding tert-OH is 1. The highest BCUT2D eigenvalue weighted by atomic mass is 16.3. The van der Waals surface area contributed by atoms with Gasteiger partial charge in [-0.15, -0.1) is 0 Å². The van der Waals surface area contributed by atoms with E-state index in [-0.39, 0.29) is 17.4 Å². The highest BCUT2D eigenvalue weighted by Gasteiger charge is 2.47. The Morgan fingerprint density at radius 3 is 2.68 bits per heavy atom. The number of amides is 1. The largest absolute Gasteiger partial charge is 0.393 e. The third-order valence-corrected chi connectivity index (χ3v) is 4.79. The van der Waals surface area contributed by atoms with Crippen molar-refractivity contribution in [2.45, 2.75) is 45.3 Å². The summed E-state index contributed by atoms with van der Waals surface area (Å²) in [6.45, 7) is 3.84. The summed E-state index contributed by atoms with van der Waals surface area (Å²) in [5.74, 6) is 0.131. The number of aromatic nitrogens is 2. The summed E-state index contributed by atoms with van der Waals surface area (Å²) in [6, 6.07) is 0. The standard InChI is InChI=1S/C14H21N3O2/c1-11-8-15-17(9-11)10-13(19)16-6-4-14(5-7-16)3-2-12(14)18/h8-9,12,18H,2-7,10H2,1H3. The smallest absolute Gasteiger partial charge is 0.244 e. The molecule has 1 unspecified atom stereocenters. The fraction of sp³-hybridized carbons (Fsp3) is 0.714. The molecule has 1 spiro atoms. The first-order valence-electron chi connectivity index (χ1n) is 7.04. The van der Waals surface area contributed by atoms with E-state index in [0.29, 0.717) is 6.54 Å². The van der Waals surface area contributed by atoms with E-state index in [1.165, 1.54) is 0 Å². The molecular weight excluding hydrogens is 242 g/mol. The maximum absolute atomic E-state index is 12.2. The number of rotatable bonds is 2. The number of carbonyl (C=O) groups is 1. The molecule has 3 rings (SSSR count). The Balaban J connectivity index is 1.55. The molecule has 1 aliphatic heterocycles. The van der Waals surface area contributed by atoms with E-state index in [1.807, 2.05) is 18.0 Å². The van der Waals surface area contributed by atoms with E-state index in [1.54, 1.807) is 10.9 Å². The molecule has 2 heterocycles. The Morgan fingerprint density at radius 1 is 1.47 bits per heavy atom. The van der Waals surface area contributed by atoms with Crippen molar-refractivity contribution in [2.24, 2.45) is 5.41 Å². The Bertz CT molecular complexity index is 475. The zero-order valence-electron chi connectivity index (χ0n) is 11.4. The van der Waals surface area contributed by atoms with Gasteiger partial charge in [0.15, 0.2) is 0 Å². The highest BCUT2D eigenvalue weighted by molar-refractivity contribution is 5.76. The van der Waals surface area contributed by atoms with Crippen molar-refractivity contribution in [3.63, 3.8) is 0 Å². The van der Waals surface area contributed by atoms with Crippen molar-refractivity contribution in [1.82, 2.24) is 14.7 Å². The lowest BCUT2D eigenvalue weighted by Gasteiger charge is -2.51. The van der Waals surface area contributed by atoms with Crippen LogP contribution in [0, 0.1) is 12.3 Å². The topological polar surface area (TPSA) is 58.4 Å². The predicted octanol–water partition coefficient (Wildman–Crippen LogP) is 0.955. The van der Waals surface area contributed by atoms with Crippen molar-refractivity contribution in [2.75, 3.05) is 13.1 Å². The van der Waals surface area contributed by atoms with Gasteiger partial charge in [-0.05, 0) is 43.6 Å². The SMILES string of the molecule is Cc1cnn(CC(=O)N2CCC3(CCC3O)CC2)c1. The fourth-order valence-corrected chi connectivity index (χ4v) is 3.26. The van der Waals surface area contributed by atoms with Gasteiger partial charge < -0.3 is 10.0 Å². The summed E-state index contributed by atoms with van der Waals surface area (Å²) in [4.78, 5) is 14.1. The first-order chi connectivity index (χ1) is 9.09. The number of nitrogens with zero attached hydrogens (tertiary/aromatic N) is 3. The second-order valence-corrected chi connectivity index (χ2v) is 6.01. The predicted molar refractivity (Wildman–Crippen MR) is 70.5 cm³/mol. The Kier molecular flexibility index (Phi) is 3.09. The number of aliphatic hydroxyl groups is 1. The summed E-state index contributed by atoms with van der Waals surface area (Å²) in [5, 5.41) is 14.0. The molecule has 1 saturated carbocycles. The Morgan fingerprint density at radius 2 is 2.21 bits per heavy atom. The lowest BCUT2D eigenvalue weighted by molar-refractivity contribution is -0.141. The summed E-state index contributed by atoms with van der Waals surface area (Å²) in [7, 11) is 0. The summed E-state index contributed by atoms with van der Waals surface area (Å²) >= 11 is 0. The molecule has 2 aliphatic rings. The highest BCUT2D eigenvalue weighted by Crippen LogP contribution is 2.48. The first kappa shape index (κ1) is 12.7. The number of likely N-dealkylation sites (tertiary alicyclic amines) is 1. The van der Waals surface area contributed by atoms with Crippen molar-refractivity contribution < 1.29 is 9.90 Å². The molecule has 0 aromatic carbocycles.